The highest BCUT2D eigenvalue weighted by Crippen LogP contribution is 2.26. The van der Waals surface area contributed by atoms with Crippen LogP contribution in [0, 0.1) is 19.7 Å². The third kappa shape index (κ3) is 2.40. The molecule has 4 heteroatoms. The Hall–Kier alpha value is -2.62. The number of hydrogen-bond acceptors (Lipinski definition) is 2. The summed E-state index contributed by atoms with van der Waals surface area (Å²) in [6.07, 6.45) is 0. The number of rotatable bonds is 2. The third-order valence-corrected chi connectivity index (χ3v) is 3.42. The van der Waals surface area contributed by atoms with Gasteiger partial charge in [0.25, 0.3) is 5.91 Å². The smallest absolute Gasteiger partial charge is 0.291 e. The maximum atomic E-state index is 13.8. The molecule has 21 heavy (non-hydrogen) atoms. The SMILES string of the molecule is Cc1ccc(NC(=O)c2oc3ccccc3c2C)c(F)c1. The summed E-state index contributed by atoms with van der Waals surface area (Å²) in [5.41, 5.74) is 2.33. The Morgan fingerprint density at radius 1 is 1.14 bits per heavy atom. The van der Waals surface area contributed by atoms with Crippen molar-refractivity contribution in [3.63, 3.8) is 0 Å². The van der Waals surface area contributed by atoms with Crippen LogP contribution in [0.3, 0.4) is 0 Å². The monoisotopic (exact) mass is 283 g/mol. The van der Waals surface area contributed by atoms with Crippen molar-refractivity contribution in [3.05, 3.63) is 65.2 Å². The van der Waals surface area contributed by atoms with E-state index in [2.05, 4.69) is 5.32 Å². The normalized spacial score (nSPS) is 10.8. The first kappa shape index (κ1) is 13.4. The van der Waals surface area contributed by atoms with E-state index in [0.29, 0.717) is 5.58 Å². The van der Waals surface area contributed by atoms with E-state index in [0.717, 1.165) is 16.5 Å². The fraction of sp³-hybridized carbons (Fsp3) is 0.118. The topological polar surface area (TPSA) is 42.2 Å². The first-order chi connectivity index (χ1) is 10.1. The zero-order chi connectivity index (χ0) is 15.0. The molecular weight excluding hydrogens is 269 g/mol. The number of nitrogens with one attached hydrogen (secondary N) is 1. The summed E-state index contributed by atoms with van der Waals surface area (Å²) in [6.45, 7) is 3.60. The summed E-state index contributed by atoms with van der Waals surface area (Å²) in [7, 11) is 0. The van der Waals surface area contributed by atoms with Crippen LogP contribution in [-0.2, 0) is 0 Å². The molecule has 1 N–H and O–H groups in total. The highest BCUT2D eigenvalue weighted by atomic mass is 19.1. The molecule has 3 nitrogen and oxygen atoms in total. The predicted molar refractivity (Wildman–Crippen MR) is 80.0 cm³/mol. The molecule has 0 spiro atoms. The lowest BCUT2D eigenvalue weighted by molar-refractivity contribution is 0.0997. The van der Waals surface area contributed by atoms with Crippen LogP contribution in [-0.4, -0.2) is 5.91 Å². The molecule has 3 rings (SSSR count). The molecule has 3 aromatic rings. The van der Waals surface area contributed by atoms with Crippen molar-refractivity contribution in [2.75, 3.05) is 5.32 Å². The Morgan fingerprint density at radius 2 is 1.90 bits per heavy atom. The van der Waals surface area contributed by atoms with Gasteiger partial charge < -0.3 is 9.73 Å². The van der Waals surface area contributed by atoms with E-state index in [1.807, 2.05) is 25.1 Å². The lowest BCUT2D eigenvalue weighted by atomic mass is 10.1. The summed E-state index contributed by atoms with van der Waals surface area (Å²) in [4.78, 5) is 12.3. The van der Waals surface area contributed by atoms with Crippen LogP contribution in [0.5, 0.6) is 0 Å². The number of carbonyl (C=O) groups is 1. The fourth-order valence-corrected chi connectivity index (χ4v) is 2.29. The van der Waals surface area contributed by atoms with E-state index in [1.165, 1.54) is 6.07 Å². The number of amides is 1. The maximum absolute atomic E-state index is 13.8. The van der Waals surface area contributed by atoms with Crippen LogP contribution < -0.4 is 5.32 Å². The third-order valence-electron chi connectivity index (χ3n) is 3.42. The molecule has 1 amide bonds. The van der Waals surface area contributed by atoms with Crippen LogP contribution in [0.2, 0.25) is 0 Å². The fourth-order valence-electron chi connectivity index (χ4n) is 2.29. The molecule has 0 fully saturated rings. The number of para-hydroxylation sites is 1. The molecule has 0 aliphatic heterocycles. The minimum atomic E-state index is -0.461. The summed E-state index contributed by atoms with van der Waals surface area (Å²) in [6, 6.07) is 12.1. The van der Waals surface area contributed by atoms with Gasteiger partial charge in [-0.1, -0.05) is 24.3 Å². The first-order valence-electron chi connectivity index (χ1n) is 6.62. The number of furan rings is 1. The Kier molecular flexibility index (Phi) is 3.22. The molecule has 0 aliphatic rings. The van der Waals surface area contributed by atoms with Crippen LogP contribution in [0.1, 0.15) is 21.7 Å². The van der Waals surface area contributed by atoms with Crippen LogP contribution in [0.15, 0.2) is 46.9 Å². The summed E-state index contributed by atoms with van der Waals surface area (Å²) in [5, 5.41) is 3.43. The zero-order valence-corrected chi connectivity index (χ0v) is 11.7. The average molecular weight is 283 g/mol. The lowest BCUT2D eigenvalue weighted by Crippen LogP contribution is -2.13. The van der Waals surface area contributed by atoms with Crippen molar-refractivity contribution in [1.82, 2.24) is 0 Å². The Balaban J connectivity index is 1.95. The minimum Gasteiger partial charge on any atom is -0.451 e. The summed E-state index contributed by atoms with van der Waals surface area (Å²) >= 11 is 0. The minimum absolute atomic E-state index is 0.144. The van der Waals surface area contributed by atoms with Gasteiger partial charge in [0.05, 0.1) is 5.69 Å². The first-order valence-corrected chi connectivity index (χ1v) is 6.62. The summed E-state index contributed by atoms with van der Waals surface area (Å²) < 4.78 is 19.3. The number of anilines is 1. The van der Waals surface area contributed by atoms with E-state index < -0.39 is 11.7 Å². The molecule has 1 heterocycles. The van der Waals surface area contributed by atoms with Gasteiger partial charge in [0.15, 0.2) is 5.76 Å². The van der Waals surface area contributed by atoms with Gasteiger partial charge >= 0.3 is 0 Å². The quantitative estimate of drug-likeness (QED) is 0.755. The molecular formula is C17H14FNO2. The largest absolute Gasteiger partial charge is 0.451 e. The Labute approximate surface area is 121 Å². The van der Waals surface area contributed by atoms with Gasteiger partial charge in [-0.3, -0.25) is 4.79 Å². The molecule has 1 aromatic heterocycles. The molecule has 0 atom stereocenters. The van der Waals surface area contributed by atoms with Crippen LogP contribution in [0.4, 0.5) is 10.1 Å². The second-order valence-electron chi connectivity index (χ2n) is 4.99. The number of benzene rings is 2. The molecule has 0 radical (unpaired) electrons. The number of aryl methyl sites for hydroxylation is 2. The highest BCUT2D eigenvalue weighted by Gasteiger charge is 2.18. The molecule has 0 saturated heterocycles. The van der Waals surface area contributed by atoms with Crippen molar-refractivity contribution in [1.29, 1.82) is 0 Å². The van der Waals surface area contributed by atoms with Gasteiger partial charge in [0, 0.05) is 10.9 Å². The Morgan fingerprint density at radius 3 is 2.62 bits per heavy atom. The van der Waals surface area contributed by atoms with Crippen molar-refractivity contribution >= 4 is 22.6 Å². The van der Waals surface area contributed by atoms with Crippen molar-refractivity contribution in [3.8, 4) is 0 Å². The second-order valence-corrected chi connectivity index (χ2v) is 4.99. The zero-order valence-electron chi connectivity index (χ0n) is 11.7. The molecule has 0 aliphatic carbocycles. The van der Waals surface area contributed by atoms with E-state index >= 15 is 0 Å². The van der Waals surface area contributed by atoms with Gasteiger partial charge in [-0.15, -0.1) is 0 Å². The highest BCUT2D eigenvalue weighted by molar-refractivity contribution is 6.06. The maximum Gasteiger partial charge on any atom is 0.291 e. The second kappa shape index (κ2) is 5.05. The molecule has 2 aromatic carbocycles. The van der Waals surface area contributed by atoms with E-state index in [4.69, 9.17) is 4.42 Å². The van der Waals surface area contributed by atoms with E-state index in [9.17, 15) is 9.18 Å². The van der Waals surface area contributed by atoms with E-state index in [1.54, 1.807) is 25.1 Å². The number of fused-ring (bicyclic) bond motifs is 1. The molecule has 0 saturated carbocycles. The van der Waals surface area contributed by atoms with Gasteiger partial charge in [0.1, 0.15) is 11.4 Å². The van der Waals surface area contributed by atoms with Gasteiger partial charge in [-0.25, -0.2) is 4.39 Å². The van der Waals surface area contributed by atoms with Gasteiger partial charge in [-0.2, -0.15) is 0 Å². The van der Waals surface area contributed by atoms with Gasteiger partial charge in [-0.05, 0) is 37.6 Å². The molecule has 0 unspecified atom stereocenters. The van der Waals surface area contributed by atoms with Crippen LogP contribution >= 0.6 is 0 Å². The predicted octanol–water partition coefficient (Wildman–Crippen LogP) is 4.44. The summed E-state index contributed by atoms with van der Waals surface area (Å²) in [5.74, 6) is -0.709. The van der Waals surface area contributed by atoms with Crippen molar-refractivity contribution < 1.29 is 13.6 Å². The van der Waals surface area contributed by atoms with E-state index in [-0.39, 0.29) is 11.4 Å². The van der Waals surface area contributed by atoms with Crippen molar-refractivity contribution in [2.45, 2.75) is 13.8 Å². The molecule has 106 valence electrons. The average Bonchev–Trinajstić information content (AvgIpc) is 2.80. The van der Waals surface area contributed by atoms with Gasteiger partial charge in [0.2, 0.25) is 0 Å². The lowest BCUT2D eigenvalue weighted by Gasteiger charge is -2.05. The number of halogens is 1. The Bertz CT molecular complexity index is 836. The van der Waals surface area contributed by atoms with Crippen molar-refractivity contribution in [2.24, 2.45) is 0 Å². The molecule has 0 bridgehead atoms. The number of carbonyl (C=O) groups excluding carboxylic acids is 1. The number of hydrogen-bond donors (Lipinski definition) is 1. The van der Waals surface area contributed by atoms with Crippen LogP contribution in [0.25, 0.3) is 11.0 Å². The standard InChI is InChI=1S/C17H14FNO2/c1-10-7-8-14(13(18)9-10)19-17(20)16-11(2)12-5-3-4-6-15(12)21-16/h3-9H,1-2H3,(H,19,20).